The van der Waals surface area contributed by atoms with Crippen LogP contribution in [-0.2, 0) is 22.8 Å². The number of aromatic amines is 1. The lowest BCUT2D eigenvalue weighted by atomic mass is 10.00. The van der Waals surface area contributed by atoms with Crippen molar-refractivity contribution in [2.45, 2.75) is 31.7 Å². The lowest BCUT2D eigenvalue weighted by Crippen LogP contribution is -2.33. The van der Waals surface area contributed by atoms with Crippen molar-refractivity contribution in [3.8, 4) is 28.3 Å². The molecular formula is C29H28FN3O4S. The number of aromatic nitrogens is 2. The maximum absolute atomic E-state index is 15.1. The van der Waals surface area contributed by atoms with Crippen molar-refractivity contribution in [3.63, 3.8) is 0 Å². The number of halogens is 1. The summed E-state index contributed by atoms with van der Waals surface area (Å²) in [6.45, 7) is 4.55. The Morgan fingerprint density at radius 3 is 2.45 bits per heavy atom. The molecule has 196 valence electrons. The third kappa shape index (κ3) is 4.93. The quantitative estimate of drug-likeness (QED) is 0.381. The molecular weight excluding hydrogens is 505 g/mol. The second kappa shape index (κ2) is 10.1. The van der Waals surface area contributed by atoms with Crippen LogP contribution in [0.5, 0.6) is 5.75 Å². The number of aryl methyl sites for hydroxylation is 1. The van der Waals surface area contributed by atoms with Crippen LogP contribution in [0.4, 0.5) is 4.39 Å². The van der Waals surface area contributed by atoms with Crippen LogP contribution in [0.1, 0.15) is 34.1 Å². The Bertz CT molecular complexity index is 1630. The van der Waals surface area contributed by atoms with Gasteiger partial charge in [-0.1, -0.05) is 37.3 Å². The second-order valence-electron chi connectivity index (χ2n) is 9.42. The summed E-state index contributed by atoms with van der Waals surface area (Å²) in [6, 6.07) is 16.5. The highest BCUT2D eigenvalue weighted by atomic mass is 32.2. The molecule has 5 rings (SSSR count). The van der Waals surface area contributed by atoms with Gasteiger partial charge < -0.3 is 14.6 Å². The van der Waals surface area contributed by atoms with Crippen molar-refractivity contribution < 1.29 is 22.3 Å². The van der Waals surface area contributed by atoms with Gasteiger partial charge in [-0.25, -0.2) is 17.8 Å². The monoisotopic (exact) mass is 533 g/mol. The standard InChI is InChI=1S/C29H28FN3O4S/c1-4-23-24(10-12-26(27(23)30)38(3,35)36)29(34)33-13-14-37-25-11-9-21(15-22(25)17-33)19-5-7-20(8-6-19)28-31-16-18(2)32-28/h5-12,15-16H,4,13-14,17H2,1-3H3,(H,31,32). The van der Waals surface area contributed by atoms with Crippen molar-refractivity contribution in [2.24, 2.45) is 0 Å². The molecule has 1 aliphatic heterocycles. The number of nitrogens with zero attached hydrogens (tertiary/aromatic N) is 2. The molecule has 0 spiro atoms. The number of nitrogens with one attached hydrogen (secondary N) is 1. The number of carbonyl (C=O) groups excluding carboxylic acids is 1. The lowest BCUT2D eigenvalue weighted by Gasteiger charge is -2.22. The number of rotatable bonds is 5. The fourth-order valence-electron chi connectivity index (χ4n) is 4.73. The SMILES string of the molecule is CCc1c(C(=O)N2CCOc3ccc(-c4ccc(-c5ncc(C)[nH]5)cc4)cc3C2)ccc(S(C)(=O)=O)c1F. The van der Waals surface area contributed by atoms with E-state index in [2.05, 4.69) is 9.97 Å². The van der Waals surface area contributed by atoms with Gasteiger partial charge in [0, 0.05) is 46.9 Å². The Hall–Kier alpha value is -3.98. The van der Waals surface area contributed by atoms with Crippen LogP contribution in [0.15, 0.2) is 65.7 Å². The van der Waals surface area contributed by atoms with E-state index in [1.165, 1.54) is 12.1 Å². The van der Waals surface area contributed by atoms with Crippen molar-refractivity contribution in [3.05, 3.63) is 89.0 Å². The van der Waals surface area contributed by atoms with Gasteiger partial charge >= 0.3 is 0 Å². The number of amides is 1. The zero-order valence-electron chi connectivity index (χ0n) is 21.4. The fourth-order valence-corrected chi connectivity index (χ4v) is 5.49. The second-order valence-corrected chi connectivity index (χ2v) is 11.4. The van der Waals surface area contributed by atoms with Crippen LogP contribution in [0.3, 0.4) is 0 Å². The maximum atomic E-state index is 15.1. The van der Waals surface area contributed by atoms with Crippen LogP contribution in [-0.4, -0.2) is 48.6 Å². The van der Waals surface area contributed by atoms with E-state index >= 15 is 4.39 Å². The first-order chi connectivity index (χ1) is 18.2. The molecule has 0 aliphatic carbocycles. The number of ether oxygens (including phenoxy) is 1. The number of sulfone groups is 1. The van der Waals surface area contributed by atoms with Crippen LogP contribution in [0.25, 0.3) is 22.5 Å². The Labute approximate surface area is 221 Å². The average molecular weight is 534 g/mol. The Morgan fingerprint density at radius 2 is 1.79 bits per heavy atom. The first-order valence-electron chi connectivity index (χ1n) is 12.3. The Balaban J connectivity index is 1.43. The summed E-state index contributed by atoms with van der Waals surface area (Å²) in [5, 5.41) is 0. The van der Waals surface area contributed by atoms with Crippen LogP contribution >= 0.6 is 0 Å². The van der Waals surface area contributed by atoms with Gasteiger partial charge in [0.1, 0.15) is 28.9 Å². The van der Waals surface area contributed by atoms with Crippen molar-refractivity contribution >= 4 is 15.7 Å². The minimum atomic E-state index is -3.75. The van der Waals surface area contributed by atoms with Gasteiger partial charge in [0.05, 0.1) is 6.54 Å². The van der Waals surface area contributed by atoms with E-state index in [-0.39, 0.29) is 30.0 Å². The molecule has 0 atom stereocenters. The summed E-state index contributed by atoms with van der Waals surface area (Å²) < 4.78 is 44.9. The number of H-pyrrole nitrogens is 1. The van der Waals surface area contributed by atoms with Gasteiger partial charge in [0.15, 0.2) is 9.84 Å². The van der Waals surface area contributed by atoms with Crippen molar-refractivity contribution in [1.29, 1.82) is 0 Å². The molecule has 1 amide bonds. The van der Waals surface area contributed by atoms with E-state index in [4.69, 9.17) is 4.74 Å². The van der Waals surface area contributed by atoms with Gasteiger partial charge in [0.2, 0.25) is 0 Å². The highest BCUT2D eigenvalue weighted by molar-refractivity contribution is 7.90. The molecule has 9 heteroatoms. The number of imidazole rings is 1. The molecule has 1 N–H and O–H groups in total. The molecule has 1 aliphatic rings. The van der Waals surface area contributed by atoms with Crippen LogP contribution in [0.2, 0.25) is 0 Å². The molecule has 1 aromatic heterocycles. The highest BCUT2D eigenvalue weighted by Crippen LogP contribution is 2.31. The zero-order chi connectivity index (χ0) is 27.0. The first-order valence-corrected chi connectivity index (χ1v) is 14.2. The molecule has 7 nitrogen and oxygen atoms in total. The highest BCUT2D eigenvalue weighted by Gasteiger charge is 2.27. The van der Waals surface area contributed by atoms with Gasteiger partial charge in [-0.3, -0.25) is 4.79 Å². The van der Waals surface area contributed by atoms with Crippen LogP contribution < -0.4 is 4.74 Å². The minimum Gasteiger partial charge on any atom is -0.491 e. The van der Waals surface area contributed by atoms with E-state index < -0.39 is 20.5 Å². The van der Waals surface area contributed by atoms with Gasteiger partial charge in [-0.2, -0.15) is 0 Å². The fraction of sp³-hybridized carbons (Fsp3) is 0.241. The van der Waals surface area contributed by atoms with Gasteiger partial charge in [-0.15, -0.1) is 0 Å². The topological polar surface area (TPSA) is 92.4 Å². The molecule has 0 saturated heterocycles. The van der Waals surface area contributed by atoms with Gasteiger partial charge in [-0.05, 0) is 48.7 Å². The van der Waals surface area contributed by atoms with E-state index in [1.54, 1.807) is 18.0 Å². The van der Waals surface area contributed by atoms with E-state index in [9.17, 15) is 13.2 Å². The Kier molecular flexibility index (Phi) is 6.79. The molecule has 3 aromatic carbocycles. The number of fused-ring (bicyclic) bond motifs is 1. The minimum absolute atomic E-state index is 0.101. The molecule has 0 unspecified atom stereocenters. The smallest absolute Gasteiger partial charge is 0.254 e. The number of hydrogen-bond acceptors (Lipinski definition) is 5. The van der Waals surface area contributed by atoms with E-state index in [0.717, 1.165) is 40.0 Å². The lowest BCUT2D eigenvalue weighted by molar-refractivity contribution is 0.0731. The van der Waals surface area contributed by atoms with E-state index in [1.807, 2.05) is 49.4 Å². The number of benzene rings is 3. The molecule has 4 aromatic rings. The number of carbonyl (C=O) groups is 1. The van der Waals surface area contributed by atoms with Crippen LogP contribution in [0, 0.1) is 12.7 Å². The molecule has 0 saturated carbocycles. The maximum Gasteiger partial charge on any atom is 0.254 e. The number of hydrogen-bond donors (Lipinski definition) is 1. The van der Waals surface area contributed by atoms with Crippen molar-refractivity contribution in [2.75, 3.05) is 19.4 Å². The first kappa shape index (κ1) is 25.7. The normalized spacial score (nSPS) is 13.5. The summed E-state index contributed by atoms with van der Waals surface area (Å²) in [5.74, 6) is 0.288. The third-order valence-electron chi connectivity index (χ3n) is 6.71. The summed E-state index contributed by atoms with van der Waals surface area (Å²) in [4.78, 5) is 22.4. The molecule has 0 bridgehead atoms. The van der Waals surface area contributed by atoms with Gasteiger partial charge in [0.25, 0.3) is 5.91 Å². The largest absolute Gasteiger partial charge is 0.491 e. The molecule has 0 fully saturated rings. The predicted molar refractivity (Wildman–Crippen MR) is 143 cm³/mol. The van der Waals surface area contributed by atoms with E-state index in [0.29, 0.717) is 18.9 Å². The summed E-state index contributed by atoms with van der Waals surface area (Å²) in [6.07, 6.45) is 2.94. The molecule has 0 radical (unpaired) electrons. The summed E-state index contributed by atoms with van der Waals surface area (Å²) in [5.41, 5.74) is 5.07. The third-order valence-corrected chi connectivity index (χ3v) is 7.83. The summed E-state index contributed by atoms with van der Waals surface area (Å²) >= 11 is 0. The Morgan fingerprint density at radius 1 is 1.08 bits per heavy atom. The molecule has 38 heavy (non-hydrogen) atoms. The van der Waals surface area contributed by atoms with Crippen molar-refractivity contribution in [1.82, 2.24) is 14.9 Å². The predicted octanol–water partition coefficient (Wildman–Crippen LogP) is 5.19. The zero-order valence-corrected chi connectivity index (χ0v) is 22.2. The molecule has 2 heterocycles. The average Bonchev–Trinajstić information content (AvgIpc) is 3.21. The summed E-state index contributed by atoms with van der Waals surface area (Å²) in [7, 11) is -3.75.